The second kappa shape index (κ2) is 6.43. The third kappa shape index (κ3) is 3.17. The number of amides is 1. The third-order valence-electron chi connectivity index (χ3n) is 3.06. The quantitative estimate of drug-likeness (QED) is 0.810. The molecule has 5 nitrogen and oxygen atoms in total. The fourth-order valence-corrected chi connectivity index (χ4v) is 2.04. The summed E-state index contributed by atoms with van der Waals surface area (Å²) in [6, 6.07) is 5.43. The molecule has 0 atom stereocenters. The van der Waals surface area contributed by atoms with Gasteiger partial charge in [-0.3, -0.25) is 4.79 Å². The first-order chi connectivity index (χ1) is 9.24. The summed E-state index contributed by atoms with van der Waals surface area (Å²) < 4.78 is 11.1. The van der Waals surface area contributed by atoms with E-state index >= 15 is 0 Å². The lowest BCUT2D eigenvalue weighted by Gasteiger charge is -2.23. The molecule has 0 saturated heterocycles. The number of rotatable bonds is 5. The Morgan fingerprint density at radius 1 is 1.37 bits per heavy atom. The first-order valence-corrected chi connectivity index (χ1v) is 6.52. The molecule has 0 aliphatic carbocycles. The zero-order chi connectivity index (χ0) is 13.7. The van der Waals surface area contributed by atoms with Gasteiger partial charge in [-0.15, -0.1) is 0 Å². The highest BCUT2D eigenvalue weighted by Crippen LogP contribution is 2.34. The van der Waals surface area contributed by atoms with E-state index in [9.17, 15) is 4.79 Å². The van der Waals surface area contributed by atoms with Crippen molar-refractivity contribution in [2.75, 3.05) is 40.4 Å². The minimum absolute atomic E-state index is 0.0292. The number of hydrogen-bond donors (Lipinski definition) is 1. The van der Waals surface area contributed by atoms with Gasteiger partial charge < -0.3 is 19.7 Å². The van der Waals surface area contributed by atoms with E-state index in [1.807, 2.05) is 19.2 Å². The topological polar surface area (TPSA) is 50.8 Å². The van der Waals surface area contributed by atoms with Gasteiger partial charge in [-0.25, -0.2) is 0 Å². The Hall–Kier alpha value is -1.75. The van der Waals surface area contributed by atoms with Gasteiger partial charge in [0, 0.05) is 13.6 Å². The molecule has 1 aliphatic heterocycles. The maximum absolute atomic E-state index is 12.4. The molecule has 0 bridgehead atoms. The Morgan fingerprint density at radius 2 is 2.16 bits per heavy atom. The monoisotopic (exact) mass is 264 g/mol. The molecule has 1 aliphatic rings. The van der Waals surface area contributed by atoms with Gasteiger partial charge in [-0.05, 0) is 32.1 Å². The molecule has 1 aromatic rings. The third-order valence-corrected chi connectivity index (χ3v) is 3.06. The number of carbonyl (C=O) groups excluding carboxylic acids is 1. The van der Waals surface area contributed by atoms with Crippen LogP contribution in [-0.4, -0.2) is 51.2 Å². The number of fused-ring (bicyclic) bond motifs is 1. The molecule has 1 N–H and O–H groups in total. The summed E-state index contributed by atoms with van der Waals surface area (Å²) in [4.78, 5) is 14.1. The predicted octanol–water partition coefficient (Wildman–Crippen LogP) is 1.14. The van der Waals surface area contributed by atoms with Gasteiger partial charge in [-0.2, -0.15) is 0 Å². The Kier molecular flexibility index (Phi) is 4.63. The highest BCUT2D eigenvalue weighted by molar-refractivity contribution is 5.97. The molecule has 1 amide bonds. The van der Waals surface area contributed by atoms with E-state index in [-0.39, 0.29) is 5.91 Å². The summed E-state index contributed by atoms with van der Waals surface area (Å²) in [7, 11) is 3.71. The van der Waals surface area contributed by atoms with Crippen molar-refractivity contribution in [1.29, 1.82) is 0 Å². The fraction of sp³-hybridized carbons (Fsp3) is 0.500. The molecule has 19 heavy (non-hydrogen) atoms. The lowest BCUT2D eigenvalue weighted by molar-refractivity contribution is 0.0783. The van der Waals surface area contributed by atoms with E-state index in [4.69, 9.17) is 9.47 Å². The molecule has 0 aromatic heterocycles. The Labute approximate surface area is 113 Å². The van der Waals surface area contributed by atoms with Crippen LogP contribution >= 0.6 is 0 Å². The van der Waals surface area contributed by atoms with Gasteiger partial charge in [-0.1, -0.05) is 6.07 Å². The normalized spacial score (nSPS) is 13.2. The largest absolute Gasteiger partial charge is 0.486 e. The fourth-order valence-electron chi connectivity index (χ4n) is 2.04. The van der Waals surface area contributed by atoms with Gasteiger partial charge >= 0.3 is 0 Å². The zero-order valence-electron chi connectivity index (χ0n) is 11.4. The van der Waals surface area contributed by atoms with E-state index in [1.54, 1.807) is 18.0 Å². The average molecular weight is 264 g/mol. The number of ether oxygens (including phenoxy) is 2. The first kappa shape index (κ1) is 13.7. The molecule has 1 aromatic carbocycles. The molecule has 1 heterocycles. The molecule has 104 valence electrons. The average Bonchev–Trinajstić information content (AvgIpc) is 2.46. The van der Waals surface area contributed by atoms with Crippen LogP contribution in [0.5, 0.6) is 11.5 Å². The lowest BCUT2D eigenvalue weighted by atomic mass is 10.1. The summed E-state index contributed by atoms with van der Waals surface area (Å²) in [6.45, 7) is 2.62. The maximum atomic E-state index is 12.4. The number of nitrogens with zero attached hydrogens (tertiary/aromatic N) is 1. The second-order valence-electron chi connectivity index (χ2n) is 4.51. The Bertz CT molecular complexity index is 448. The molecule has 0 saturated carbocycles. The van der Waals surface area contributed by atoms with Crippen LogP contribution in [0.2, 0.25) is 0 Å². The van der Waals surface area contributed by atoms with Crippen molar-refractivity contribution in [3.63, 3.8) is 0 Å². The van der Waals surface area contributed by atoms with Gasteiger partial charge in [0.2, 0.25) is 0 Å². The SMILES string of the molecule is CNCCCN(C)C(=O)c1cccc2c1OCCO2. The molecule has 0 spiro atoms. The Balaban J connectivity index is 2.10. The number of benzene rings is 1. The molecular formula is C14H20N2O3. The highest BCUT2D eigenvalue weighted by Gasteiger charge is 2.22. The van der Waals surface area contributed by atoms with Gasteiger partial charge in [0.25, 0.3) is 5.91 Å². The summed E-state index contributed by atoms with van der Waals surface area (Å²) >= 11 is 0. The molecule has 0 unspecified atom stereocenters. The van der Waals surface area contributed by atoms with Gasteiger partial charge in [0.1, 0.15) is 13.2 Å². The summed E-state index contributed by atoms with van der Waals surface area (Å²) in [6.07, 6.45) is 0.922. The minimum Gasteiger partial charge on any atom is -0.486 e. The van der Waals surface area contributed by atoms with Crippen LogP contribution in [0.1, 0.15) is 16.8 Å². The van der Waals surface area contributed by atoms with Crippen molar-refractivity contribution in [2.24, 2.45) is 0 Å². The van der Waals surface area contributed by atoms with Crippen LogP contribution in [0.3, 0.4) is 0 Å². The van der Waals surface area contributed by atoms with Crippen LogP contribution in [0, 0.1) is 0 Å². The van der Waals surface area contributed by atoms with E-state index in [2.05, 4.69) is 5.32 Å². The smallest absolute Gasteiger partial charge is 0.257 e. The molecule has 5 heteroatoms. The molecule has 0 fully saturated rings. The number of para-hydroxylation sites is 1. The maximum Gasteiger partial charge on any atom is 0.257 e. The standard InChI is InChI=1S/C14H20N2O3/c1-15-7-4-8-16(2)14(17)11-5-3-6-12-13(11)19-10-9-18-12/h3,5-6,15H,4,7-10H2,1-2H3. The van der Waals surface area contributed by atoms with Gasteiger partial charge in [0.05, 0.1) is 5.56 Å². The van der Waals surface area contributed by atoms with Crippen molar-refractivity contribution in [1.82, 2.24) is 10.2 Å². The van der Waals surface area contributed by atoms with Crippen molar-refractivity contribution in [2.45, 2.75) is 6.42 Å². The predicted molar refractivity (Wildman–Crippen MR) is 72.9 cm³/mol. The number of hydrogen-bond acceptors (Lipinski definition) is 4. The Morgan fingerprint density at radius 3 is 2.95 bits per heavy atom. The number of carbonyl (C=O) groups is 1. The zero-order valence-corrected chi connectivity index (χ0v) is 11.4. The van der Waals surface area contributed by atoms with Crippen molar-refractivity contribution >= 4 is 5.91 Å². The second-order valence-corrected chi connectivity index (χ2v) is 4.51. The summed E-state index contributed by atoms with van der Waals surface area (Å²) in [5.41, 5.74) is 0.573. The van der Waals surface area contributed by atoms with Crippen molar-refractivity contribution < 1.29 is 14.3 Å². The van der Waals surface area contributed by atoms with E-state index < -0.39 is 0 Å². The summed E-state index contributed by atoms with van der Waals surface area (Å²) in [5.74, 6) is 1.19. The van der Waals surface area contributed by atoms with E-state index in [1.165, 1.54) is 0 Å². The molecule has 0 radical (unpaired) electrons. The van der Waals surface area contributed by atoms with Crippen LogP contribution in [-0.2, 0) is 0 Å². The van der Waals surface area contributed by atoms with Crippen LogP contribution in [0.25, 0.3) is 0 Å². The molecule has 2 rings (SSSR count). The molecular weight excluding hydrogens is 244 g/mol. The van der Waals surface area contributed by atoms with Crippen molar-refractivity contribution in [3.8, 4) is 11.5 Å². The van der Waals surface area contributed by atoms with Crippen LogP contribution in [0.15, 0.2) is 18.2 Å². The highest BCUT2D eigenvalue weighted by atomic mass is 16.6. The first-order valence-electron chi connectivity index (χ1n) is 6.52. The van der Waals surface area contributed by atoms with Crippen LogP contribution < -0.4 is 14.8 Å². The van der Waals surface area contributed by atoms with Crippen molar-refractivity contribution in [3.05, 3.63) is 23.8 Å². The van der Waals surface area contributed by atoms with E-state index in [0.29, 0.717) is 36.8 Å². The van der Waals surface area contributed by atoms with Gasteiger partial charge in [0.15, 0.2) is 11.5 Å². The minimum atomic E-state index is -0.0292. The number of nitrogens with one attached hydrogen (secondary N) is 1. The van der Waals surface area contributed by atoms with Crippen LogP contribution in [0.4, 0.5) is 0 Å². The van der Waals surface area contributed by atoms with E-state index in [0.717, 1.165) is 13.0 Å². The lowest BCUT2D eigenvalue weighted by Crippen LogP contribution is -2.30. The summed E-state index contributed by atoms with van der Waals surface area (Å²) in [5, 5.41) is 3.07.